The van der Waals surface area contributed by atoms with Gasteiger partial charge in [-0.25, -0.2) is 4.79 Å². The summed E-state index contributed by atoms with van der Waals surface area (Å²) < 4.78 is 5.23. The Morgan fingerprint density at radius 3 is 2.52 bits per heavy atom. The van der Waals surface area contributed by atoms with E-state index in [1.807, 2.05) is 0 Å². The van der Waals surface area contributed by atoms with E-state index in [0.717, 1.165) is 5.56 Å². The average molecular weight is 351 g/mol. The van der Waals surface area contributed by atoms with Gasteiger partial charge in [0.25, 0.3) is 0 Å². The number of rotatable bonds is 2. The first kappa shape index (κ1) is 15.7. The number of phenolic OH excluding ortho intramolecular Hbond substituents is 2. The number of benzene rings is 2. The molecule has 6 heteroatoms. The highest BCUT2D eigenvalue weighted by atomic mass is 35.5. The fourth-order valence-electron chi connectivity index (χ4n) is 2.57. The van der Waals surface area contributed by atoms with Crippen molar-refractivity contribution >= 4 is 34.2 Å². The molecule has 0 radical (unpaired) electrons. The van der Waals surface area contributed by atoms with Crippen molar-refractivity contribution in [2.45, 2.75) is 13.3 Å². The van der Waals surface area contributed by atoms with E-state index < -0.39 is 5.63 Å². The molecule has 2 N–H and O–H groups in total. The Labute approximate surface area is 141 Å². The van der Waals surface area contributed by atoms with Gasteiger partial charge in [0.15, 0.2) is 0 Å². The zero-order valence-electron chi connectivity index (χ0n) is 12.1. The van der Waals surface area contributed by atoms with Crippen LogP contribution < -0.4 is 5.63 Å². The fourth-order valence-corrected chi connectivity index (χ4v) is 2.89. The van der Waals surface area contributed by atoms with Crippen molar-refractivity contribution in [3.05, 3.63) is 67.5 Å². The number of hydrogen-bond donors (Lipinski definition) is 2. The van der Waals surface area contributed by atoms with Crippen molar-refractivity contribution in [2.24, 2.45) is 0 Å². The Hall–Kier alpha value is -2.17. The number of halogens is 2. The number of aromatic hydroxyl groups is 2. The molecule has 1 heterocycles. The van der Waals surface area contributed by atoms with Crippen molar-refractivity contribution in [2.75, 3.05) is 0 Å². The topological polar surface area (TPSA) is 70.7 Å². The highest BCUT2D eigenvalue weighted by Crippen LogP contribution is 2.33. The highest BCUT2D eigenvalue weighted by Gasteiger charge is 2.16. The third-order valence-corrected chi connectivity index (χ3v) is 4.45. The lowest BCUT2D eigenvalue weighted by Gasteiger charge is -2.10. The van der Waals surface area contributed by atoms with Crippen LogP contribution in [0, 0.1) is 6.92 Å². The molecule has 2 aromatic carbocycles. The number of phenols is 2. The van der Waals surface area contributed by atoms with Gasteiger partial charge >= 0.3 is 5.63 Å². The lowest BCUT2D eigenvalue weighted by molar-refractivity contribution is 0.450. The zero-order valence-corrected chi connectivity index (χ0v) is 13.6. The first-order valence-electron chi connectivity index (χ1n) is 6.79. The van der Waals surface area contributed by atoms with Gasteiger partial charge in [-0.3, -0.25) is 0 Å². The van der Waals surface area contributed by atoms with Gasteiger partial charge in [0.2, 0.25) is 0 Å². The van der Waals surface area contributed by atoms with Crippen molar-refractivity contribution in [3.63, 3.8) is 0 Å². The third-order valence-electron chi connectivity index (χ3n) is 3.71. The quantitative estimate of drug-likeness (QED) is 0.671. The second-order valence-electron chi connectivity index (χ2n) is 5.26. The molecule has 0 aliphatic heterocycles. The summed E-state index contributed by atoms with van der Waals surface area (Å²) in [5.74, 6) is -0.313. The minimum atomic E-state index is -0.522. The van der Waals surface area contributed by atoms with Gasteiger partial charge in [-0.1, -0.05) is 29.3 Å². The van der Waals surface area contributed by atoms with Gasteiger partial charge < -0.3 is 14.6 Å². The summed E-state index contributed by atoms with van der Waals surface area (Å²) in [6, 6.07) is 7.62. The minimum absolute atomic E-state index is 0.142. The summed E-state index contributed by atoms with van der Waals surface area (Å²) in [7, 11) is 0. The molecule has 0 amide bonds. The predicted octanol–water partition coefficient (Wildman–Crippen LogP) is 4.41. The van der Waals surface area contributed by atoms with Gasteiger partial charge in [-0.2, -0.15) is 0 Å². The van der Waals surface area contributed by atoms with Crippen LogP contribution in [0.4, 0.5) is 0 Å². The van der Waals surface area contributed by atoms with E-state index in [-0.39, 0.29) is 17.1 Å². The van der Waals surface area contributed by atoms with E-state index in [2.05, 4.69) is 0 Å². The maximum Gasteiger partial charge on any atom is 0.340 e. The zero-order chi connectivity index (χ0) is 16.7. The molecular weight excluding hydrogens is 339 g/mol. The van der Waals surface area contributed by atoms with E-state index in [4.69, 9.17) is 27.6 Å². The van der Waals surface area contributed by atoms with Crippen molar-refractivity contribution in [1.82, 2.24) is 0 Å². The molecule has 3 aromatic rings. The molecule has 118 valence electrons. The maximum atomic E-state index is 12.2. The van der Waals surface area contributed by atoms with Gasteiger partial charge in [-0.05, 0) is 30.2 Å². The van der Waals surface area contributed by atoms with Crippen molar-refractivity contribution in [3.8, 4) is 11.5 Å². The molecular formula is C17H12Cl2O4. The Morgan fingerprint density at radius 2 is 1.83 bits per heavy atom. The standard InChI is InChI=1S/C17H12Cl2O4/c1-8-11(4-9-2-3-12(18)13(19)5-9)17(22)23-15-7-10(20)6-14(21)16(8)15/h2-3,5-7,20-21H,4H2,1H3. The molecule has 1 aromatic heterocycles. The van der Waals surface area contributed by atoms with Crippen molar-refractivity contribution in [1.29, 1.82) is 0 Å². The molecule has 3 rings (SSSR count). The molecule has 23 heavy (non-hydrogen) atoms. The SMILES string of the molecule is Cc1c(Cc2ccc(Cl)c(Cl)c2)c(=O)oc2cc(O)cc(O)c12. The number of fused-ring (bicyclic) bond motifs is 1. The van der Waals surface area contributed by atoms with Crippen LogP contribution in [0.2, 0.25) is 10.0 Å². The second kappa shape index (κ2) is 5.80. The molecule has 0 atom stereocenters. The molecule has 0 spiro atoms. The highest BCUT2D eigenvalue weighted by molar-refractivity contribution is 6.42. The molecule has 0 saturated carbocycles. The van der Waals surface area contributed by atoms with Crippen LogP contribution in [0.15, 0.2) is 39.5 Å². The van der Waals surface area contributed by atoms with Gasteiger partial charge in [0, 0.05) is 24.1 Å². The molecule has 0 saturated heterocycles. The largest absolute Gasteiger partial charge is 0.508 e. The first-order chi connectivity index (χ1) is 10.9. The van der Waals surface area contributed by atoms with Crippen LogP contribution in [-0.4, -0.2) is 10.2 Å². The monoisotopic (exact) mass is 350 g/mol. The molecule has 0 aliphatic rings. The van der Waals surface area contributed by atoms with E-state index >= 15 is 0 Å². The Bertz CT molecular complexity index is 976. The Morgan fingerprint density at radius 1 is 1.09 bits per heavy atom. The number of hydrogen-bond acceptors (Lipinski definition) is 4. The first-order valence-corrected chi connectivity index (χ1v) is 7.54. The molecule has 0 aliphatic carbocycles. The van der Waals surface area contributed by atoms with Gasteiger partial charge in [0.1, 0.15) is 17.1 Å². The minimum Gasteiger partial charge on any atom is -0.508 e. The van der Waals surface area contributed by atoms with E-state index in [1.54, 1.807) is 25.1 Å². The van der Waals surface area contributed by atoms with Crippen LogP contribution in [-0.2, 0) is 6.42 Å². The summed E-state index contributed by atoms with van der Waals surface area (Å²) in [4.78, 5) is 12.2. The van der Waals surface area contributed by atoms with Gasteiger partial charge in [0.05, 0.1) is 15.4 Å². The molecule has 4 nitrogen and oxygen atoms in total. The molecule has 0 unspecified atom stereocenters. The van der Waals surface area contributed by atoms with E-state index in [9.17, 15) is 15.0 Å². The van der Waals surface area contributed by atoms with E-state index in [0.29, 0.717) is 33.0 Å². The van der Waals surface area contributed by atoms with Crippen LogP contribution in [0.25, 0.3) is 11.0 Å². The molecule has 0 bridgehead atoms. The third kappa shape index (κ3) is 2.87. The Kier molecular flexibility index (Phi) is 3.96. The molecule has 0 fully saturated rings. The maximum absolute atomic E-state index is 12.2. The second-order valence-corrected chi connectivity index (χ2v) is 6.07. The van der Waals surface area contributed by atoms with Crippen molar-refractivity contribution < 1.29 is 14.6 Å². The summed E-state index contributed by atoms with van der Waals surface area (Å²) in [6.45, 7) is 1.73. The summed E-state index contributed by atoms with van der Waals surface area (Å²) >= 11 is 11.9. The van der Waals surface area contributed by atoms with E-state index in [1.165, 1.54) is 12.1 Å². The predicted molar refractivity (Wildman–Crippen MR) is 89.8 cm³/mol. The lowest BCUT2D eigenvalue weighted by Crippen LogP contribution is -2.11. The summed E-state index contributed by atoms with van der Waals surface area (Å²) in [5, 5.41) is 20.8. The fraction of sp³-hybridized carbons (Fsp3) is 0.118. The Balaban J connectivity index is 2.18. The van der Waals surface area contributed by atoms with Crippen LogP contribution in [0.3, 0.4) is 0 Å². The normalized spacial score (nSPS) is 11.1. The number of aryl methyl sites for hydroxylation is 1. The lowest BCUT2D eigenvalue weighted by atomic mass is 9.99. The van der Waals surface area contributed by atoms with Gasteiger partial charge in [-0.15, -0.1) is 0 Å². The average Bonchev–Trinajstić information content (AvgIpc) is 2.46. The summed E-state index contributed by atoms with van der Waals surface area (Å²) in [6.07, 6.45) is 0.293. The summed E-state index contributed by atoms with van der Waals surface area (Å²) in [5.41, 5.74) is 1.43. The van der Waals surface area contributed by atoms with Crippen LogP contribution >= 0.6 is 23.2 Å². The van der Waals surface area contributed by atoms with Crippen LogP contribution in [0.5, 0.6) is 11.5 Å². The van der Waals surface area contributed by atoms with Crippen LogP contribution in [0.1, 0.15) is 16.7 Å². The smallest absolute Gasteiger partial charge is 0.340 e.